The van der Waals surface area contributed by atoms with Gasteiger partial charge in [0.25, 0.3) is 0 Å². The van der Waals surface area contributed by atoms with Crippen molar-refractivity contribution in [3.05, 3.63) is 34.1 Å². The van der Waals surface area contributed by atoms with Gasteiger partial charge in [0.15, 0.2) is 0 Å². The lowest BCUT2D eigenvalue weighted by Gasteiger charge is -2.08. The van der Waals surface area contributed by atoms with Gasteiger partial charge in [-0.15, -0.1) is 0 Å². The lowest BCUT2D eigenvalue weighted by atomic mass is 10.1. The minimum Gasteiger partial charge on any atom is -0.383 e. The van der Waals surface area contributed by atoms with E-state index in [0.29, 0.717) is 0 Å². The molecular formula is C16H22BrN3. The van der Waals surface area contributed by atoms with E-state index in [0.717, 1.165) is 53.2 Å². The minimum absolute atomic E-state index is 0.778. The van der Waals surface area contributed by atoms with Crippen molar-refractivity contribution in [2.24, 2.45) is 0 Å². The Balaban J connectivity index is 2.49. The van der Waals surface area contributed by atoms with E-state index < -0.39 is 0 Å². The van der Waals surface area contributed by atoms with Gasteiger partial charge < -0.3 is 10.3 Å². The molecule has 0 saturated heterocycles. The lowest BCUT2D eigenvalue weighted by molar-refractivity contribution is 0.612. The summed E-state index contributed by atoms with van der Waals surface area (Å²) in [6, 6.07) is 6.28. The number of hydrogen-bond acceptors (Lipinski definition) is 2. The van der Waals surface area contributed by atoms with Crippen LogP contribution < -0.4 is 5.73 Å². The van der Waals surface area contributed by atoms with Crippen LogP contribution in [0.1, 0.15) is 38.1 Å². The highest BCUT2D eigenvalue weighted by Gasteiger charge is 2.16. The van der Waals surface area contributed by atoms with Crippen LogP contribution in [0.4, 0.5) is 5.82 Å². The summed E-state index contributed by atoms with van der Waals surface area (Å²) in [5.74, 6) is 1.85. The number of hydrogen-bond donors (Lipinski definition) is 1. The van der Waals surface area contributed by atoms with Crippen LogP contribution in [-0.4, -0.2) is 9.55 Å². The molecule has 2 aromatic rings. The SMILES string of the molecule is CCCCn1c(CC)nc(-c2ccc(C)cc2Br)c1N. The van der Waals surface area contributed by atoms with Crippen LogP contribution in [0.2, 0.25) is 0 Å². The third-order valence-electron chi connectivity index (χ3n) is 3.52. The largest absolute Gasteiger partial charge is 0.383 e. The Labute approximate surface area is 129 Å². The Morgan fingerprint density at radius 2 is 2.05 bits per heavy atom. The molecule has 1 aromatic heterocycles. The highest BCUT2D eigenvalue weighted by atomic mass is 79.9. The Kier molecular flexibility index (Phi) is 4.86. The summed E-state index contributed by atoms with van der Waals surface area (Å²) in [7, 11) is 0. The first-order chi connectivity index (χ1) is 9.58. The molecule has 108 valence electrons. The first-order valence-corrected chi connectivity index (χ1v) is 7.99. The van der Waals surface area contributed by atoms with Crippen molar-refractivity contribution >= 4 is 21.7 Å². The van der Waals surface area contributed by atoms with Crippen molar-refractivity contribution in [3.8, 4) is 11.3 Å². The summed E-state index contributed by atoms with van der Waals surface area (Å²) < 4.78 is 3.21. The molecule has 0 aliphatic heterocycles. The van der Waals surface area contributed by atoms with Gasteiger partial charge in [0.1, 0.15) is 17.3 Å². The van der Waals surface area contributed by atoms with Crippen molar-refractivity contribution in [3.63, 3.8) is 0 Å². The van der Waals surface area contributed by atoms with E-state index in [2.05, 4.69) is 59.5 Å². The van der Waals surface area contributed by atoms with Crippen LogP contribution in [0, 0.1) is 6.92 Å². The number of unbranched alkanes of at least 4 members (excludes halogenated alkanes) is 1. The molecule has 0 unspecified atom stereocenters. The second-order valence-electron chi connectivity index (χ2n) is 5.10. The fourth-order valence-electron chi connectivity index (χ4n) is 2.36. The first-order valence-electron chi connectivity index (χ1n) is 7.19. The molecular weight excluding hydrogens is 314 g/mol. The number of nitrogens with zero attached hydrogens (tertiary/aromatic N) is 2. The van der Waals surface area contributed by atoms with Crippen LogP contribution in [0.15, 0.2) is 22.7 Å². The Bertz CT molecular complexity index is 602. The molecule has 2 rings (SSSR count). The maximum atomic E-state index is 6.34. The highest BCUT2D eigenvalue weighted by Crippen LogP contribution is 2.33. The van der Waals surface area contributed by atoms with Gasteiger partial charge in [0, 0.05) is 23.0 Å². The molecule has 0 amide bonds. The predicted octanol–water partition coefficient (Wildman–Crippen LogP) is 4.57. The van der Waals surface area contributed by atoms with Crippen LogP contribution in [0.5, 0.6) is 0 Å². The predicted molar refractivity (Wildman–Crippen MR) is 88.8 cm³/mol. The molecule has 0 fully saturated rings. The number of imidazole rings is 1. The molecule has 20 heavy (non-hydrogen) atoms. The zero-order valence-electron chi connectivity index (χ0n) is 12.4. The van der Waals surface area contributed by atoms with E-state index in [1.165, 1.54) is 5.56 Å². The van der Waals surface area contributed by atoms with Crippen LogP contribution in [-0.2, 0) is 13.0 Å². The second-order valence-corrected chi connectivity index (χ2v) is 5.96. The number of aromatic nitrogens is 2. The standard InChI is InChI=1S/C16H22BrN3/c1-4-6-9-20-14(5-2)19-15(16(20)18)12-8-7-11(3)10-13(12)17/h7-8,10H,4-6,9,18H2,1-3H3. The van der Waals surface area contributed by atoms with Crippen molar-refractivity contribution in [2.75, 3.05) is 5.73 Å². The van der Waals surface area contributed by atoms with Gasteiger partial charge in [0.05, 0.1) is 0 Å². The molecule has 0 atom stereocenters. The summed E-state index contributed by atoms with van der Waals surface area (Å²) in [5, 5.41) is 0. The molecule has 0 aliphatic rings. The number of nitrogen functional groups attached to an aromatic ring is 1. The normalized spacial score (nSPS) is 11.0. The van der Waals surface area contributed by atoms with Crippen molar-refractivity contribution in [1.29, 1.82) is 0 Å². The topological polar surface area (TPSA) is 43.8 Å². The van der Waals surface area contributed by atoms with Gasteiger partial charge in [-0.1, -0.05) is 48.3 Å². The van der Waals surface area contributed by atoms with Crippen LogP contribution in [0.3, 0.4) is 0 Å². The van der Waals surface area contributed by atoms with Crippen LogP contribution in [0.25, 0.3) is 11.3 Å². The maximum Gasteiger partial charge on any atom is 0.131 e. The van der Waals surface area contributed by atoms with Gasteiger partial charge in [0.2, 0.25) is 0 Å². The number of benzene rings is 1. The second kappa shape index (κ2) is 6.44. The van der Waals surface area contributed by atoms with E-state index in [-0.39, 0.29) is 0 Å². The molecule has 0 bridgehead atoms. The Hall–Kier alpha value is -1.29. The molecule has 0 aliphatic carbocycles. The number of halogens is 1. The lowest BCUT2D eigenvalue weighted by Crippen LogP contribution is -2.06. The number of nitrogens with two attached hydrogens (primary N) is 1. The van der Waals surface area contributed by atoms with E-state index in [9.17, 15) is 0 Å². The highest BCUT2D eigenvalue weighted by molar-refractivity contribution is 9.10. The van der Waals surface area contributed by atoms with E-state index in [1.807, 2.05) is 0 Å². The molecule has 0 spiro atoms. The molecule has 0 saturated carbocycles. The van der Waals surface area contributed by atoms with E-state index in [1.54, 1.807) is 0 Å². The van der Waals surface area contributed by atoms with Gasteiger partial charge in [-0.2, -0.15) is 0 Å². The molecule has 3 nitrogen and oxygen atoms in total. The third kappa shape index (κ3) is 2.90. The van der Waals surface area contributed by atoms with Crippen LogP contribution >= 0.6 is 15.9 Å². The maximum absolute atomic E-state index is 6.34. The first kappa shape index (κ1) is 15.1. The Morgan fingerprint density at radius 1 is 1.30 bits per heavy atom. The quantitative estimate of drug-likeness (QED) is 0.869. The van der Waals surface area contributed by atoms with E-state index >= 15 is 0 Å². The van der Waals surface area contributed by atoms with E-state index in [4.69, 9.17) is 10.7 Å². The smallest absolute Gasteiger partial charge is 0.131 e. The zero-order chi connectivity index (χ0) is 14.7. The van der Waals surface area contributed by atoms with Gasteiger partial charge in [-0.25, -0.2) is 4.98 Å². The van der Waals surface area contributed by atoms with Gasteiger partial charge in [-0.05, 0) is 25.0 Å². The zero-order valence-corrected chi connectivity index (χ0v) is 14.0. The number of aryl methyl sites for hydroxylation is 2. The van der Waals surface area contributed by atoms with Gasteiger partial charge >= 0.3 is 0 Å². The summed E-state index contributed by atoms with van der Waals surface area (Å²) >= 11 is 3.62. The monoisotopic (exact) mass is 335 g/mol. The summed E-state index contributed by atoms with van der Waals surface area (Å²) in [4.78, 5) is 4.75. The summed E-state index contributed by atoms with van der Waals surface area (Å²) in [5.41, 5.74) is 9.52. The van der Waals surface area contributed by atoms with Crippen molar-refractivity contribution in [1.82, 2.24) is 9.55 Å². The molecule has 2 N–H and O–H groups in total. The molecule has 4 heteroatoms. The van der Waals surface area contributed by atoms with Crippen molar-refractivity contribution < 1.29 is 0 Å². The number of rotatable bonds is 5. The third-order valence-corrected chi connectivity index (χ3v) is 4.17. The minimum atomic E-state index is 0.778. The van der Waals surface area contributed by atoms with Crippen molar-refractivity contribution in [2.45, 2.75) is 46.6 Å². The number of anilines is 1. The molecule has 1 aromatic carbocycles. The molecule has 1 heterocycles. The fourth-order valence-corrected chi connectivity index (χ4v) is 3.04. The van der Waals surface area contributed by atoms with Gasteiger partial charge in [-0.3, -0.25) is 0 Å². The Morgan fingerprint density at radius 3 is 2.65 bits per heavy atom. The average Bonchev–Trinajstić information content (AvgIpc) is 2.73. The summed E-state index contributed by atoms with van der Waals surface area (Å²) in [6.07, 6.45) is 3.18. The summed E-state index contributed by atoms with van der Waals surface area (Å²) in [6.45, 7) is 7.34. The molecule has 0 radical (unpaired) electrons. The average molecular weight is 336 g/mol. The fraction of sp³-hybridized carbons (Fsp3) is 0.438.